The minimum absolute atomic E-state index is 0.00324. The lowest BCUT2D eigenvalue weighted by Gasteiger charge is -2.08. The topological polar surface area (TPSA) is 79.4 Å². The van der Waals surface area contributed by atoms with Crippen LogP contribution in [0.2, 0.25) is 0 Å². The van der Waals surface area contributed by atoms with E-state index < -0.39 is 12.6 Å². The normalized spacial score (nSPS) is 10.6. The van der Waals surface area contributed by atoms with Crippen LogP contribution in [0.1, 0.15) is 10.5 Å². The fourth-order valence-electron chi connectivity index (χ4n) is 1.63. The van der Waals surface area contributed by atoms with E-state index in [1.165, 1.54) is 42.3 Å². The Labute approximate surface area is 112 Å². The van der Waals surface area contributed by atoms with Gasteiger partial charge in [-0.05, 0) is 24.3 Å². The number of methoxy groups -OCH3 is 1. The van der Waals surface area contributed by atoms with Gasteiger partial charge in [-0.1, -0.05) is 0 Å². The average molecular weight is 283 g/mol. The van der Waals surface area contributed by atoms with E-state index >= 15 is 0 Å². The maximum Gasteiger partial charge on any atom is 0.387 e. The number of nitrogen functional groups attached to an aromatic ring is 1. The predicted molar refractivity (Wildman–Crippen MR) is 65.9 cm³/mol. The van der Waals surface area contributed by atoms with E-state index in [0.717, 1.165) is 0 Å². The minimum Gasteiger partial charge on any atom is -0.464 e. The van der Waals surface area contributed by atoms with Crippen LogP contribution in [-0.4, -0.2) is 29.5 Å². The van der Waals surface area contributed by atoms with Crippen molar-refractivity contribution in [1.82, 2.24) is 9.78 Å². The van der Waals surface area contributed by atoms with E-state index in [9.17, 15) is 13.6 Å². The molecule has 2 aromatic rings. The summed E-state index contributed by atoms with van der Waals surface area (Å²) in [4.78, 5) is 11.6. The van der Waals surface area contributed by atoms with Gasteiger partial charge in [-0.25, -0.2) is 9.48 Å². The average Bonchev–Trinajstić information content (AvgIpc) is 2.80. The van der Waals surface area contributed by atoms with Gasteiger partial charge in [0.15, 0.2) is 5.69 Å². The third-order valence-electron chi connectivity index (χ3n) is 2.48. The molecule has 2 N–H and O–H groups in total. The van der Waals surface area contributed by atoms with Crippen molar-refractivity contribution in [1.29, 1.82) is 0 Å². The summed E-state index contributed by atoms with van der Waals surface area (Å²) in [6.45, 7) is -2.90. The van der Waals surface area contributed by atoms with E-state index in [-0.39, 0.29) is 17.1 Å². The SMILES string of the molecule is COC(=O)c1c(N)cnn1-c1ccc(OC(F)F)cc1. The second-order valence-electron chi connectivity index (χ2n) is 3.72. The Balaban J connectivity index is 2.35. The van der Waals surface area contributed by atoms with Crippen molar-refractivity contribution in [3.63, 3.8) is 0 Å². The first-order valence-corrected chi connectivity index (χ1v) is 5.50. The van der Waals surface area contributed by atoms with Gasteiger partial charge < -0.3 is 15.2 Å². The van der Waals surface area contributed by atoms with Gasteiger partial charge in [0.25, 0.3) is 0 Å². The molecule has 0 aliphatic heterocycles. The van der Waals surface area contributed by atoms with Gasteiger partial charge >= 0.3 is 12.6 Å². The van der Waals surface area contributed by atoms with Crippen LogP contribution in [0.4, 0.5) is 14.5 Å². The number of hydrogen-bond acceptors (Lipinski definition) is 5. The van der Waals surface area contributed by atoms with Crippen molar-refractivity contribution in [2.24, 2.45) is 0 Å². The highest BCUT2D eigenvalue weighted by molar-refractivity contribution is 5.93. The zero-order valence-corrected chi connectivity index (χ0v) is 10.4. The zero-order chi connectivity index (χ0) is 14.7. The fraction of sp³-hybridized carbons (Fsp3) is 0.167. The van der Waals surface area contributed by atoms with Crippen LogP contribution >= 0.6 is 0 Å². The van der Waals surface area contributed by atoms with Crippen molar-refractivity contribution in [2.45, 2.75) is 6.61 Å². The number of rotatable bonds is 4. The van der Waals surface area contributed by atoms with Crippen molar-refractivity contribution in [3.05, 3.63) is 36.2 Å². The van der Waals surface area contributed by atoms with Gasteiger partial charge in [0.1, 0.15) is 5.75 Å². The molecule has 1 heterocycles. The van der Waals surface area contributed by atoms with Crippen LogP contribution in [-0.2, 0) is 4.74 Å². The molecule has 0 radical (unpaired) electrons. The predicted octanol–water partition coefficient (Wildman–Crippen LogP) is 1.84. The fourth-order valence-corrected chi connectivity index (χ4v) is 1.63. The molecule has 0 saturated heterocycles. The lowest BCUT2D eigenvalue weighted by Crippen LogP contribution is -2.12. The molecule has 106 valence electrons. The molecular formula is C12H11F2N3O3. The molecular weight excluding hydrogens is 272 g/mol. The molecule has 2 rings (SSSR count). The van der Waals surface area contributed by atoms with Crippen molar-refractivity contribution < 1.29 is 23.0 Å². The van der Waals surface area contributed by atoms with Crippen molar-refractivity contribution in [2.75, 3.05) is 12.8 Å². The number of benzene rings is 1. The second kappa shape index (κ2) is 5.55. The highest BCUT2D eigenvalue weighted by atomic mass is 19.3. The number of aromatic nitrogens is 2. The number of esters is 1. The van der Waals surface area contributed by atoms with Crippen LogP contribution < -0.4 is 10.5 Å². The Bertz CT molecular complexity index is 611. The van der Waals surface area contributed by atoms with Crippen molar-refractivity contribution in [3.8, 4) is 11.4 Å². The van der Waals surface area contributed by atoms with E-state index in [2.05, 4.69) is 14.6 Å². The molecule has 0 amide bonds. The third kappa shape index (κ3) is 2.68. The number of ether oxygens (including phenoxy) is 2. The van der Waals surface area contributed by atoms with E-state index in [1.807, 2.05) is 0 Å². The molecule has 0 fully saturated rings. The molecule has 0 atom stereocenters. The summed E-state index contributed by atoms with van der Waals surface area (Å²) in [6.07, 6.45) is 1.30. The molecule has 0 aliphatic rings. The van der Waals surface area contributed by atoms with E-state index in [0.29, 0.717) is 5.69 Å². The van der Waals surface area contributed by atoms with Crippen LogP contribution in [0.25, 0.3) is 5.69 Å². The number of anilines is 1. The summed E-state index contributed by atoms with van der Waals surface area (Å²) < 4.78 is 34.2. The van der Waals surface area contributed by atoms with E-state index in [1.54, 1.807) is 0 Å². The number of halogens is 2. The summed E-state index contributed by atoms with van der Waals surface area (Å²) in [6, 6.07) is 5.61. The summed E-state index contributed by atoms with van der Waals surface area (Å²) >= 11 is 0. The number of nitrogens with zero attached hydrogens (tertiary/aromatic N) is 2. The van der Waals surface area contributed by atoms with Crippen LogP contribution in [0.15, 0.2) is 30.5 Å². The molecule has 1 aromatic heterocycles. The third-order valence-corrected chi connectivity index (χ3v) is 2.48. The van der Waals surface area contributed by atoms with Crippen LogP contribution in [0.5, 0.6) is 5.75 Å². The molecule has 0 bridgehead atoms. The first kappa shape index (κ1) is 13.8. The molecule has 8 heteroatoms. The molecule has 0 aliphatic carbocycles. The highest BCUT2D eigenvalue weighted by Gasteiger charge is 2.18. The summed E-state index contributed by atoms with van der Waals surface area (Å²) in [5, 5.41) is 3.95. The maximum atomic E-state index is 12.0. The quantitative estimate of drug-likeness (QED) is 0.866. The Morgan fingerprint density at radius 1 is 1.35 bits per heavy atom. The molecule has 0 unspecified atom stereocenters. The van der Waals surface area contributed by atoms with Gasteiger partial charge in [0, 0.05) is 0 Å². The Kier molecular flexibility index (Phi) is 3.83. The smallest absolute Gasteiger partial charge is 0.387 e. The monoisotopic (exact) mass is 283 g/mol. The first-order chi connectivity index (χ1) is 9.52. The highest BCUT2D eigenvalue weighted by Crippen LogP contribution is 2.21. The molecule has 1 aromatic carbocycles. The molecule has 6 nitrogen and oxygen atoms in total. The standard InChI is InChI=1S/C12H11F2N3O3/c1-19-11(18)10-9(15)6-16-17(10)7-2-4-8(5-3-7)20-12(13)14/h2-6,12H,15H2,1H3. The van der Waals surface area contributed by atoms with Crippen molar-refractivity contribution >= 4 is 11.7 Å². The maximum absolute atomic E-state index is 12.0. The van der Waals surface area contributed by atoms with Gasteiger partial charge in [0.05, 0.1) is 24.7 Å². The minimum atomic E-state index is -2.90. The lowest BCUT2D eigenvalue weighted by molar-refractivity contribution is -0.0498. The summed E-state index contributed by atoms with van der Waals surface area (Å²) in [5.74, 6) is -0.642. The lowest BCUT2D eigenvalue weighted by atomic mass is 10.3. The Morgan fingerprint density at radius 3 is 2.55 bits per heavy atom. The Hall–Kier alpha value is -2.64. The first-order valence-electron chi connectivity index (χ1n) is 5.50. The largest absolute Gasteiger partial charge is 0.464 e. The van der Waals surface area contributed by atoms with E-state index in [4.69, 9.17) is 5.73 Å². The Morgan fingerprint density at radius 2 is 2.00 bits per heavy atom. The zero-order valence-electron chi connectivity index (χ0n) is 10.4. The number of alkyl halides is 2. The van der Waals surface area contributed by atoms with Gasteiger partial charge in [-0.3, -0.25) is 0 Å². The van der Waals surface area contributed by atoms with Gasteiger partial charge in [-0.2, -0.15) is 13.9 Å². The molecule has 0 spiro atoms. The number of nitrogens with two attached hydrogens (primary N) is 1. The molecule has 20 heavy (non-hydrogen) atoms. The van der Waals surface area contributed by atoms with Gasteiger partial charge in [0.2, 0.25) is 0 Å². The van der Waals surface area contributed by atoms with Gasteiger partial charge in [-0.15, -0.1) is 0 Å². The number of carbonyl (C=O) groups is 1. The molecule has 0 saturated carbocycles. The van der Waals surface area contributed by atoms with Crippen LogP contribution in [0, 0.1) is 0 Å². The number of hydrogen-bond donors (Lipinski definition) is 1. The summed E-state index contributed by atoms with van der Waals surface area (Å²) in [5.41, 5.74) is 6.33. The number of carbonyl (C=O) groups excluding carboxylic acids is 1. The summed E-state index contributed by atoms with van der Waals surface area (Å²) in [7, 11) is 1.22. The second-order valence-corrected chi connectivity index (χ2v) is 3.72. The van der Waals surface area contributed by atoms with Crippen LogP contribution in [0.3, 0.4) is 0 Å².